The third-order valence-corrected chi connectivity index (χ3v) is 4.70. The van der Waals surface area contributed by atoms with Gasteiger partial charge in [-0.3, -0.25) is 10.2 Å². The standard InChI is InChI=1S/C15H16N4O5S/c1-9-14(10(2)24-18-9)25(21,22)19-17-15(20)11(3)23-13-6-4-12(8-16)5-7-13/h4-7,11,19H,1-3H3,(H,17,20)/t11-/m1/s1. The summed E-state index contributed by atoms with van der Waals surface area (Å²) in [5.74, 6) is -0.212. The van der Waals surface area contributed by atoms with Crippen LogP contribution >= 0.6 is 0 Å². The molecule has 1 atom stereocenters. The van der Waals surface area contributed by atoms with Gasteiger partial charge in [-0.25, -0.2) is 8.42 Å². The monoisotopic (exact) mass is 364 g/mol. The molecule has 0 aliphatic heterocycles. The molecule has 0 spiro atoms. The number of aromatic nitrogens is 1. The lowest BCUT2D eigenvalue weighted by Crippen LogP contribution is -2.47. The molecule has 0 saturated carbocycles. The molecule has 0 unspecified atom stereocenters. The van der Waals surface area contributed by atoms with Crippen LogP contribution in [0.3, 0.4) is 0 Å². The molecule has 2 N–H and O–H groups in total. The van der Waals surface area contributed by atoms with Crippen molar-refractivity contribution in [3.8, 4) is 11.8 Å². The summed E-state index contributed by atoms with van der Waals surface area (Å²) in [5.41, 5.74) is 2.72. The van der Waals surface area contributed by atoms with Crippen LogP contribution in [0.1, 0.15) is 23.9 Å². The summed E-state index contributed by atoms with van der Waals surface area (Å²) in [6.45, 7) is 4.38. The van der Waals surface area contributed by atoms with Crippen LogP contribution in [-0.4, -0.2) is 25.6 Å². The van der Waals surface area contributed by atoms with Gasteiger partial charge in [0.2, 0.25) is 0 Å². The molecular formula is C15H16N4O5S. The normalized spacial score (nSPS) is 12.2. The van der Waals surface area contributed by atoms with E-state index < -0.39 is 22.0 Å². The highest BCUT2D eigenvalue weighted by atomic mass is 32.2. The van der Waals surface area contributed by atoms with Crippen LogP contribution < -0.4 is 15.0 Å². The summed E-state index contributed by atoms with van der Waals surface area (Å²) < 4.78 is 34.6. The Bertz CT molecular complexity index is 893. The van der Waals surface area contributed by atoms with Gasteiger partial charge >= 0.3 is 0 Å². The number of ether oxygens (including phenoxy) is 1. The van der Waals surface area contributed by atoms with Crippen molar-refractivity contribution in [3.63, 3.8) is 0 Å². The van der Waals surface area contributed by atoms with E-state index >= 15 is 0 Å². The van der Waals surface area contributed by atoms with Gasteiger partial charge in [0.15, 0.2) is 11.9 Å². The Morgan fingerprint density at radius 2 is 1.96 bits per heavy atom. The molecule has 1 heterocycles. The summed E-state index contributed by atoms with van der Waals surface area (Å²) in [5, 5.41) is 12.3. The van der Waals surface area contributed by atoms with E-state index in [9.17, 15) is 13.2 Å². The van der Waals surface area contributed by atoms with Crippen molar-refractivity contribution in [1.29, 1.82) is 5.26 Å². The minimum atomic E-state index is -4.02. The van der Waals surface area contributed by atoms with Crippen molar-refractivity contribution in [2.75, 3.05) is 0 Å². The van der Waals surface area contributed by atoms with Gasteiger partial charge in [0.1, 0.15) is 16.3 Å². The predicted molar refractivity (Wildman–Crippen MR) is 85.7 cm³/mol. The van der Waals surface area contributed by atoms with E-state index in [2.05, 4.69) is 10.6 Å². The zero-order valence-electron chi connectivity index (χ0n) is 13.7. The Morgan fingerprint density at radius 3 is 2.48 bits per heavy atom. The van der Waals surface area contributed by atoms with Crippen LogP contribution in [0.5, 0.6) is 5.75 Å². The summed E-state index contributed by atoms with van der Waals surface area (Å²) >= 11 is 0. The van der Waals surface area contributed by atoms with Crippen molar-refractivity contribution < 1.29 is 22.5 Å². The number of carbonyl (C=O) groups is 1. The number of aryl methyl sites for hydroxylation is 2. The quantitative estimate of drug-likeness (QED) is 0.728. The molecule has 2 aromatic rings. The fourth-order valence-corrected chi connectivity index (χ4v) is 3.17. The van der Waals surface area contributed by atoms with Crippen molar-refractivity contribution >= 4 is 15.9 Å². The highest BCUT2D eigenvalue weighted by Crippen LogP contribution is 2.18. The highest BCUT2D eigenvalue weighted by Gasteiger charge is 2.25. The second-order valence-corrected chi connectivity index (χ2v) is 6.76. The van der Waals surface area contributed by atoms with Gasteiger partial charge in [0, 0.05) is 0 Å². The molecule has 0 saturated heterocycles. The minimum absolute atomic E-state index is 0.112. The molecule has 0 aliphatic carbocycles. The predicted octanol–water partition coefficient (Wildman–Crippen LogP) is 0.940. The number of hydrazine groups is 1. The largest absolute Gasteiger partial charge is 0.481 e. The molecule has 1 amide bonds. The number of nitrogens with one attached hydrogen (secondary N) is 2. The van der Waals surface area contributed by atoms with Crippen LogP contribution in [0.2, 0.25) is 0 Å². The lowest BCUT2D eigenvalue weighted by molar-refractivity contribution is -0.127. The SMILES string of the molecule is Cc1noc(C)c1S(=O)(=O)NNC(=O)[C@@H](C)Oc1ccc(C#N)cc1. The number of nitrogens with zero attached hydrogens (tertiary/aromatic N) is 2. The number of nitriles is 1. The molecule has 0 aliphatic rings. The maximum atomic E-state index is 12.2. The number of sulfonamides is 1. The average molecular weight is 364 g/mol. The summed E-state index contributed by atoms with van der Waals surface area (Å²) in [6.07, 6.45) is -0.972. The number of carbonyl (C=O) groups excluding carboxylic acids is 1. The van der Waals surface area contributed by atoms with Crippen LogP contribution in [0, 0.1) is 25.2 Å². The number of rotatable bonds is 6. The second-order valence-electron chi connectivity index (χ2n) is 5.14. The maximum absolute atomic E-state index is 12.2. The van der Waals surface area contributed by atoms with E-state index in [1.807, 2.05) is 10.9 Å². The molecule has 0 fully saturated rings. The number of benzene rings is 1. The molecule has 0 bridgehead atoms. The lowest BCUT2D eigenvalue weighted by atomic mass is 10.2. The topological polar surface area (TPSA) is 134 Å². The maximum Gasteiger partial charge on any atom is 0.275 e. The molecule has 0 radical (unpaired) electrons. The molecule has 132 valence electrons. The van der Waals surface area contributed by atoms with Crippen molar-refractivity contribution in [2.45, 2.75) is 31.8 Å². The molecule has 25 heavy (non-hydrogen) atoms. The van der Waals surface area contributed by atoms with E-state index in [-0.39, 0.29) is 16.3 Å². The number of amides is 1. The first-order valence-corrected chi connectivity index (χ1v) is 8.64. The average Bonchev–Trinajstić information content (AvgIpc) is 2.92. The van der Waals surface area contributed by atoms with E-state index in [1.54, 1.807) is 12.1 Å². The molecular weight excluding hydrogens is 348 g/mol. The van der Waals surface area contributed by atoms with Crippen LogP contribution in [0.25, 0.3) is 0 Å². The number of hydrogen-bond acceptors (Lipinski definition) is 7. The summed E-state index contributed by atoms with van der Waals surface area (Å²) in [4.78, 5) is 13.8. The van der Waals surface area contributed by atoms with Gasteiger partial charge in [-0.05, 0) is 45.0 Å². The Kier molecular flexibility index (Phi) is 5.41. The van der Waals surface area contributed by atoms with Crippen LogP contribution in [0.4, 0.5) is 0 Å². The fraction of sp³-hybridized carbons (Fsp3) is 0.267. The molecule has 1 aromatic heterocycles. The van der Waals surface area contributed by atoms with E-state index in [0.717, 1.165) is 0 Å². The van der Waals surface area contributed by atoms with Gasteiger partial charge in [0.05, 0.1) is 11.6 Å². The lowest BCUT2D eigenvalue weighted by Gasteiger charge is -2.15. The van der Waals surface area contributed by atoms with Crippen molar-refractivity contribution in [2.24, 2.45) is 0 Å². The highest BCUT2D eigenvalue weighted by molar-refractivity contribution is 7.89. The van der Waals surface area contributed by atoms with E-state index in [0.29, 0.717) is 11.3 Å². The molecule has 9 nitrogen and oxygen atoms in total. The van der Waals surface area contributed by atoms with Crippen molar-refractivity contribution in [1.82, 2.24) is 15.4 Å². The Balaban J connectivity index is 1.98. The summed E-state index contributed by atoms with van der Waals surface area (Å²) in [6, 6.07) is 8.12. The molecule has 1 aromatic carbocycles. The first-order chi connectivity index (χ1) is 11.7. The smallest absolute Gasteiger partial charge is 0.275 e. The first kappa shape index (κ1) is 18.4. The molecule has 2 rings (SSSR count). The third-order valence-electron chi connectivity index (χ3n) is 3.21. The van der Waals surface area contributed by atoms with Gasteiger partial charge < -0.3 is 9.26 Å². The van der Waals surface area contributed by atoms with E-state index in [4.69, 9.17) is 14.5 Å². The van der Waals surface area contributed by atoms with Gasteiger partial charge in [-0.2, -0.15) is 5.26 Å². The Labute approximate surface area is 144 Å². The Morgan fingerprint density at radius 1 is 1.32 bits per heavy atom. The Hall–Kier alpha value is -2.90. The van der Waals surface area contributed by atoms with Crippen molar-refractivity contribution in [3.05, 3.63) is 41.3 Å². The van der Waals surface area contributed by atoms with Gasteiger partial charge in [-0.15, -0.1) is 4.83 Å². The zero-order chi connectivity index (χ0) is 18.6. The molecule has 10 heteroatoms. The van der Waals surface area contributed by atoms with Gasteiger partial charge in [0.25, 0.3) is 15.9 Å². The number of hydrogen-bond donors (Lipinski definition) is 2. The second kappa shape index (κ2) is 7.33. The fourth-order valence-electron chi connectivity index (χ4n) is 1.99. The summed E-state index contributed by atoms with van der Waals surface area (Å²) in [7, 11) is -4.02. The third kappa shape index (κ3) is 4.34. The minimum Gasteiger partial charge on any atom is -0.481 e. The van der Waals surface area contributed by atoms with E-state index in [1.165, 1.54) is 32.9 Å². The van der Waals surface area contributed by atoms with Crippen LogP contribution in [-0.2, 0) is 14.8 Å². The first-order valence-electron chi connectivity index (χ1n) is 7.16. The van der Waals surface area contributed by atoms with Gasteiger partial charge in [-0.1, -0.05) is 5.16 Å². The zero-order valence-corrected chi connectivity index (χ0v) is 14.5. The van der Waals surface area contributed by atoms with Crippen LogP contribution in [0.15, 0.2) is 33.7 Å².